The van der Waals surface area contributed by atoms with Crippen molar-refractivity contribution in [2.45, 2.75) is 6.10 Å². The van der Waals surface area contributed by atoms with Crippen LogP contribution in [0.15, 0.2) is 79.1 Å². The second-order valence-corrected chi connectivity index (χ2v) is 6.07. The lowest BCUT2D eigenvalue weighted by Gasteiger charge is -2.21. The molecule has 0 spiro atoms. The number of carbonyl (C=O) groups excluding carboxylic acids is 2. The Labute approximate surface area is 152 Å². The van der Waals surface area contributed by atoms with Crippen molar-refractivity contribution < 1.29 is 14.3 Å². The fourth-order valence-electron chi connectivity index (χ4n) is 2.60. The average Bonchev–Trinajstić information content (AvgIpc) is 3.21. The Bertz CT molecular complexity index is 887. The maximum absolute atomic E-state index is 12.7. The molecular weight excluding hydrogens is 328 g/mol. The minimum atomic E-state index is -0.978. The van der Waals surface area contributed by atoms with Gasteiger partial charge in [-0.15, -0.1) is 0 Å². The lowest BCUT2D eigenvalue weighted by molar-refractivity contribution is -0.138. The molecule has 132 valence electrons. The molecule has 1 unspecified atom stereocenters. The first-order valence-electron chi connectivity index (χ1n) is 8.27. The summed E-state index contributed by atoms with van der Waals surface area (Å²) in [4.78, 5) is 26.6. The molecule has 0 bridgehead atoms. The van der Waals surface area contributed by atoms with Crippen LogP contribution in [0, 0.1) is 0 Å². The van der Waals surface area contributed by atoms with Gasteiger partial charge in [-0.25, -0.2) is 4.79 Å². The lowest BCUT2D eigenvalue weighted by Crippen LogP contribution is -2.31. The van der Waals surface area contributed by atoms with Crippen molar-refractivity contribution in [1.82, 2.24) is 9.47 Å². The van der Waals surface area contributed by atoms with Crippen molar-refractivity contribution in [2.24, 2.45) is 0 Å². The van der Waals surface area contributed by atoms with E-state index >= 15 is 0 Å². The third kappa shape index (κ3) is 3.83. The third-order valence-electron chi connectivity index (χ3n) is 3.98. The van der Waals surface area contributed by atoms with Gasteiger partial charge in [0.15, 0.2) is 0 Å². The Morgan fingerprint density at radius 1 is 0.923 bits per heavy atom. The number of aromatic nitrogens is 1. The first kappa shape index (κ1) is 17.5. The minimum Gasteiger partial charge on any atom is -0.444 e. The number of hydrogen-bond acceptors (Lipinski definition) is 3. The number of esters is 1. The van der Waals surface area contributed by atoms with Gasteiger partial charge < -0.3 is 14.2 Å². The monoisotopic (exact) mass is 348 g/mol. The van der Waals surface area contributed by atoms with E-state index in [0.29, 0.717) is 11.1 Å². The molecule has 2 aromatic carbocycles. The van der Waals surface area contributed by atoms with E-state index in [1.165, 1.54) is 4.90 Å². The largest absolute Gasteiger partial charge is 0.444 e. The number of likely N-dealkylation sites (N-methyl/N-ethyl adjacent to an activating group) is 1. The van der Waals surface area contributed by atoms with Gasteiger partial charge in [-0.3, -0.25) is 4.79 Å². The predicted molar refractivity (Wildman–Crippen MR) is 99.1 cm³/mol. The topological polar surface area (TPSA) is 51.5 Å². The lowest BCUT2D eigenvalue weighted by atomic mass is 10.1. The van der Waals surface area contributed by atoms with Gasteiger partial charge in [-0.2, -0.15) is 0 Å². The summed E-state index contributed by atoms with van der Waals surface area (Å²) >= 11 is 0. The van der Waals surface area contributed by atoms with E-state index in [-0.39, 0.29) is 5.91 Å². The van der Waals surface area contributed by atoms with Crippen LogP contribution in [-0.4, -0.2) is 35.4 Å². The van der Waals surface area contributed by atoms with Gasteiger partial charge in [0.2, 0.25) is 6.10 Å². The van der Waals surface area contributed by atoms with Crippen LogP contribution >= 0.6 is 0 Å². The number of benzene rings is 2. The van der Waals surface area contributed by atoms with Crippen LogP contribution in [0.5, 0.6) is 0 Å². The Morgan fingerprint density at radius 3 is 2.27 bits per heavy atom. The summed E-state index contributed by atoms with van der Waals surface area (Å²) in [6.45, 7) is 0. The van der Waals surface area contributed by atoms with E-state index in [0.717, 1.165) is 5.69 Å². The predicted octanol–water partition coefficient (Wildman–Crippen LogP) is 3.46. The zero-order valence-electron chi connectivity index (χ0n) is 14.7. The molecule has 0 aliphatic rings. The van der Waals surface area contributed by atoms with E-state index in [2.05, 4.69) is 0 Å². The van der Waals surface area contributed by atoms with Crippen molar-refractivity contribution in [3.05, 3.63) is 90.3 Å². The second-order valence-electron chi connectivity index (χ2n) is 6.07. The summed E-state index contributed by atoms with van der Waals surface area (Å²) in [6.07, 6.45) is 2.81. The van der Waals surface area contributed by atoms with Crippen LogP contribution in [0.3, 0.4) is 0 Å². The summed E-state index contributed by atoms with van der Waals surface area (Å²) in [5, 5.41) is 0. The smallest absolute Gasteiger partial charge is 0.339 e. The first-order chi connectivity index (χ1) is 12.6. The summed E-state index contributed by atoms with van der Waals surface area (Å²) in [5.41, 5.74) is 1.88. The van der Waals surface area contributed by atoms with E-state index < -0.39 is 12.1 Å². The highest BCUT2D eigenvalue weighted by Crippen LogP contribution is 2.22. The molecule has 0 aliphatic carbocycles. The van der Waals surface area contributed by atoms with Crippen molar-refractivity contribution >= 4 is 11.9 Å². The normalized spacial score (nSPS) is 11.6. The minimum absolute atomic E-state index is 0.286. The van der Waals surface area contributed by atoms with Gasteiger partial charge in [-0.1, -0.05) is 36.4 Å². The summed E-state index contributed by atoms with van der Waals surface area (Å²) in [7, 11) is 3.28. The quantitative estimate of drug-likeness (QED) is 0.664. The molecule has 3 rings (SSSR count). The highest BCUT2D eigenvalue weighted by Gasteiger charge is 2.27. The molecule has 0 aliphatic heterocycles. The van der Waals surface area contributed by atoms with Crippen molar-refractivity contribution in [2.75, 3.05) is 14.1 Å². The van der Waals surface area contributed by atoms with E-state index in [1.54, 1.807) is 44.4 Å². The maximum Gasteiger partial charge on any atom is 0.339 e. The molecule has 1 atom stereocenters. The molecule has 26 heavy (non-hydrogen) atoms. The Kier molecular flexibility index (Phi) is 5.17. The van der Waals surface area contributed by atoms with Gasteiger partial charge in [0.25, 0.3) is 5.91 Å². The molecule has 5 heteroatoms. The zero-order valence-corrected chi connectivity index (χ0v) is 14.7. The van der Waals surface area contributed by atoms with Crippen LogP contribution in [0.4, 0.5) is 0 Å². The molecule has 0 fully saturated rings. The molecule has 0 radical (unpaired) electrons. The van der Waals surface area contributed by atoms with E-state index in [1.807, 2.05) is 53.4 Å². The number of hydrogen-bond donors (Lipinski definition) is 0. The van der Waals surface area contributed by atoms with Gasteiger partial charge in [0.1, 0.15) is 0 Å². The van der Waals surface area contributed by atoms with Gasteiger partial charge in [0, 0.05) is 37.7 Å². The van der Waals surface area contributed by atoms with Gasteiger partial charge >= 0.3 is 5.97 Å². The number of ether oxygens (including phenoxy) is 1. The molecule has 3 aromatic rings. The van der Waals surface area contributed by atoms with Crippen molar-refractivity contribution in [3.8, 4) is 5.69 Å². The number of rotatable bonds is 5. The average molecular weight is 348 g/mol. The molecule has 0 N–H and O–H groups in total. The Balaban J connectivity index is 1.86. The number of carbonyl (C=O) groups is 2. The summed E-state index contributed by atoms with van der Waals surface area (Å²) in [5.74, 6) is -0.825. The SMILES string of the molecule is CN(C)C(=O)C(OC(=O)c1cccc(-n2cccc2)c1)c1ccccc1. The van der Waals surface area contributed by atoms with Crippen LogP contribution in [0.25, 0.3) is 5.69 Å². The molecule has 1 amide bonds. The van der Waals surface area contributed by atoms with Crippen LogP contribution in [0.2, 0.25) is 0 Å². The molecule has 1 heterocycles. The molecule has 0 saturated carbocycles. The number of amides is 1. The highest BCUT2D eigenvalue weighted by atomic mass is 16.5. The zero-order chi connectivity index (χ0) is 18.5. The molecule has 5 nitrogen and oxygen atoms in total. The number of nitrogens with zero attached hydrogens (tertiary/aromatic N) is 2. The fraction of sp³-hybridized carbons (Fsp3) is 0.143. The highest BCUT2D eigenvalue weighted by molar-refractivity contribution is 5.93. The summed E-state index contributed by atoms with van der Waals surface area (Å²) < 4.78 is 7.48. The Morgan fingerprint density at radius 2 is 1.62 bits per heavy atom. The van der Waals surface area contributed by atoms with Crippen molar-refractivity contribution in [1.29, 1.82) is 0 Å². The summed E-state index contributed by atoms with van der Waals surface area (Å²) in [6, 6.07) is 19.9. The Hall–Kier alpha value is -3.34. The van der Waals surface area contributed by atoms with Gasteiger partial charge in [-0.05, 0) is 30.3 Å². The van der Waals surface area contributed by atoms with Gasteiger partial charge in [0.05, 0.1) is 5.56 Å². The first-order valence-corrected chi connectivity index (χ1v) is 8.27. The second kappa shape index (κ2) is 7.70. The molecule has 0 saturated heterocycles. The maximum atomic E-state index is 12.7. The third-order valence-corrected chi connectivity index (χ3v) is 3.98. The van der Waals surface area contributed by atoms with Crippen molar-refractivity contribution in [3.63, 3.8) is 0 Å². The van der Waals surface area contributed by atoms with E-state index in [9.17, 15) is 9.59 Å². The molecular formula is C21H20N2O3. The van der Waals surface area contributed by atoms with Crippen LogP contribution in [-0.2, 0) is 9.53 Å². The molecule has 1 aromatic heterocycles. The standard InChI is InChI=1S/C21H20N2O3/c1-22(2)20(24)19(16-9-4-3-5-10-16)26-21(25)17-11-8-12-18(15-17)23-13-6-7-14-23/h3-15,19H,1-2H3. The fourth-order valence-corrected chi connectivity index (χ4v) is 2.60. The van der Waals surface area contributed by atoms with Crippen LogP contribution in [0.1, 0.15) is 22.0 Å². The van der Waals surface area contributed by atoms with E-state index in [4.69, 9.17) is 4.74 Å². The van der Waals surface area contributed by atoms with Crippen LogP contribution < -0.4 is 0 Å².